The fourth-order valence-electron chi connectivity index (χ4n) is 3.18. The van der Waals surface area contributed by atoms with Crippen molar-refractivity contribution in [3.63, 3.8) is 0 Å². The topological polar surface area (TPSA) is 68.5 Å². The first-order chi connectivity index (χ1) is 13.0. The highest BCUT2D eigenvalue weighted by Crippen LogP contribution is 2.32. The zero-order valence-electron chi connectivity index (χ0n) is 15.0. The lowest BCUT2D eigenvalue weighted by atomic mass is 10.1. The molecule has 0 aliphatic carbocycles. The third kappa shape index (κ3) is 3.28. The summed E-state index contributed by atoms with van der Waals surface area (Å²) in [6.45, 7) is 2.11. The Morgan fingerprint density at radius 1 is 1.22 bits per heavy atom. The van der Waals surface area contributed by atoms with Crippen molar-refractivity contribution in [3.05, 3.63) is 59.7 Å². The van der Waals surface area contributed by atoms with Gasteiger partial charge in [-0.25, -0.2) is 4.39 Å². The van der Waals surface area contributed by atoms with Gasteiger partial charge in [0.15, 0.2) is 5.82 Å². The maximum absolute atomic E-state index is 13.5. The van der Waals surface area contributed by atoms with E-state index in [0.717, 1.165) is 11.3 Å². The minimum atomic E-state index is -0.288. The molecule has 0 N–H and O–H groups in total. The third-order valence-corrected chi connectivity index (χ3v) is 4.72. The number of aromatic nitrogens is 2. The molecule has 1 unspecified atom stereocenters. The van der Waals surface area contributed by atoms with Crippen LogP contribution in [-0.2, 0) is 4.79 Å². The molecule has 2 aromatic carbocycles. The van der Waals surface area contributed by atoms with Gasteiger partial charge in [-0.2, -0.15) is 4.98 Å². The smallest absolute Gasteiger partial charge is 0.257 e. The Hall–Kier alpha value is -3.22. The monoisotopic (exact) mass is 367 g/mol. The first kappa shape index (κ1) is 17.2. The molecule has 3 aromatic rings. The maximum Gasteiger partial charge on any atom is 0.257 e. The molecule has 7 heteroatoms. The van der Waals surface area contributed by atoms with E-state index in [0.29, 0.717) is 29.5 Å². The van der Waals surface area contributed by atoms with Crippen LogP contribution in [0.1, 0.15) is 23.7 Å². The van der Waals surface area contributed by atoms with Crippen LogP contribution in [0.5, 0.6) is 5.75 Å². The maximum atomic E-state index is 13.5. The van der Waals surface area contributed by atoms with Gasteiger partial charge in [0.05, 0.1) is 7.11 Å². The van der Waals surface area contributed by atoms with Gasteiger partial charge in [0, 0.05) is 30.1 Å². The van der Waals surface area contributed by atoms with Gasteiger partial charge in [-0.15, -0.1) is 0 Å². The van der Waals surface area contributed by atoms with Gasteiger partial charge in [0.1, 0.15) is 11.6 Å². The predicted octanol–water partition coefficient (Wildman–Crippen LogP) is 3.71. The Balaban J connectivity index is 1.53. The van der Waals surface area contributed by atoms with Gasteiger partial charge in [-0.3, -0.25) is 4.79 Å². The quantitative estimate of drug-likeness (QED) is 0.703. The van der Waals surface area contributed by atoms with Crippen LogP contribution in [0.2, 0.25) is 0 Å². The lowest BCUT2D eigenvalue weighted by Crippen LogP contribution is -2.24. The second-order valence-electron chi connectivity index (χ2n) is 6.53. The Morgan fingerprint density at radius 3 is 2.70 bits per heavy atom. The summed E-state index contributed by atoms with van der Waals surface area (Å²) in [6.07, 6.45) is 0.290. The zero-order valence-corrected chi connectivity index (χ0v) is 15.0. The molecule has 1 fully saturated rings. The van der Waals surface area contributed by atoms with Gasteiger partial charge in [-0.1, -0.05) is 5.16 Å². The van der Waals surface area contributed by atoms with Crippen LogP contribution in [-0.4, -0.2) is 29.7 Å². The lowest BCUT2D eigenvalue weighted by molar-refractivity contribution is -0.117. The third-order valence-electron chi connectivity index (χ3n) is 4.72. The first-order valence-electron chi connectivity index (χ1n) is 8.59. The van der Waals surface area contributed by atoms with Crippen LogP contribution in [0, 0.1) is 12.7 Å². The molecule has 1 amide bonds. The molecule has 2 heterocycles. The number of benzene rings is 2. The number of anilines is 1. The minimum Gasteiger partial charge on any atom is -0.497 e. The molecule has 0 radical (unpaired) electrons. The molecule has 1 aromatic heterocycles. The summed E-state index contributed by atoms with van der Waals surface area (Å²) in [5.41, 5.74) is 1.97. The highest BCUT2D eigenvalue weighted by molar-refractivity contribution is 5.96. The summed E-state index contributed by atoms with van der Waals surface area (Å²) in [5.74, 6) is 1.14. The molecule has 138 valence electrons. The largest absolute Gasteiger partial charge is 0.497 e. The van der Waals surface area contributed by atoms with Crippen LogP contribution in [0.4, 0.5) is 10.1 Å². The molecule has 1 aliphatic heterocycles. The van der Waals surface area contributed by atoms with Crippen molar-refractivity contribution in [2.24, 2.45) is 0 Å². The van der Waals surface area contributed by atoms with Crippen LogP contribution in [0.25, 0.3) is 11.5 Å². The van der Waals surface area contributed by atoms with Crippen LogP contribution in [0.3, 0.4) is 0 Å². The summed E-state index contributed by atoms with van der Waals surface area (Å²) >= 11 is 0. The summed E-state index contributed by atoms with van der Waals surface area (Å²) in [5, 5.41) is 4.06. The van der Waals surface area contributed by atoms with E-state index >= 15 is 0 Å². The molecule has 6 nitrogen and oxygen atoms in total. The van der Waals surface area contributed by atoms with E-state index in [4.69, 9.17) is 9.26 Å². The fraction of sp³-hybridized carbons (Fsp3) is 0.250. The average molecular weight is 367 g/mol. The molecular weight excluding hydrogens is 349 g/mol. The molecule has 1 saturated heterocycles. The van der Waals surface area contributed by atoms with Crippen molar-refractivity contribution >= 4 is 11.6 Å². The summed E-state index contributed by atoms with van der Waals surface area (Å²) < 4.78 is 24.0. The number of hydrogen-bond acceptors (Lipinski definition) is 5. The number of ether oxygens (including phenoxy) is 1. The number of hydrogen-bond donors (Lipinski definition) is 0. The lowest BCUT2D eigenvalue weighted by Gasteiger charge is -2.16. The van der Waals surface area contributed by atoms with Gasteiger partial charge in [-0.05, 0) is 55.0 Å². The van der Waals surface area contributed by atoms with Gasteiger partial charge < -0.3 is 14.2 Å². The Morgan fingerprint density at radius 2 is 2.00 bits per heavy atom. The molecule has 0 spiro atoms. The number of amides is 1. The number of halogens is 1. The Bertz CT molecular complexity index is 984. The minimum absolute atomic E-state index is 0.0400. The van der Waals surface area contributed by atoms with E-state index in [1.54, 1.807) is 31.1 Å². The standard InChI is InChI=1S/C20H18FN3O3/c1-12-9-15(5-8-17(12)21)24-11-14(10-18(24)25)19-22-20(27-23-19)13-3-6-16(26-2)7-4-13/h3-9,14H,10-11H2,1-2H3. The number of carbonyl (C=O) groups is 1. The second kappa shape index (κ2) is 6.83. The number of methoxy groups -OCH3 is 1. The fourth-order valence-corrected chi connectivity index (χ4v) is 3.18. The zero-order chi connectivity index (χ0) is 19.0. The molecule has 4 rings (SSSR count). The number of rotatable bonds is 4. The SMILES string of the molecule is COc1ccc(-c2nc(C3CC(=O)N(c4ccc(F)c(C)c4)C3)no2)cc1. The second-order valence-corrected chi connectivity index (χ2v) is 6.53. The van der Waals surface area contributed by atoms with Crippen molar-refractivity contribution in [2.45, 2.75) is 19.3 Å². The first-order valence-corrected chi connectivity index (χ1v) is 8.59. The highest BCUT2D eigenvalue weighted by atomic mass is 19.1. The van der Waals surface area contributed by atoms with Crippen LogP contribution < -0.4 is 9.64 Å². The van der Waals surface area contributed by atoms with Crippen LogP contribution >= 0.6 is 0 Å². The van der Waals surface area contributed by atoms with E-state index in [1.165, 1.54) is 6.07 Å². The average Bonchev–Trinajstić information content (AvgIpc) is 3.31. The Labute approximate surface area is 155 Å². The highest BCUT2D eigenvalue weighted by Gasteiger charge is 2.34. The van der Waals surface area contributed by atoms with E-state index < -0.39 is 0 Å². The van der Waals surface area contributed by atoms with Gasteiger partial charge >= 0.3 is 0 Å². The van der Waals surface area contributed by atoms with Crippen LogP contribution in [0.15, 0.2) is 47.0 Å². The van der Waals surface area contributed by atoms with E-state index in [9.17, 15) is 9.18 Å². The molecule has 1 aliphatic rings. The molecular formula is C20H18FN3O3. The van der Waals surface area contributed by atoms with E-state index in [-0.39, 0.29) is 24.1 Å². The molecule has 1 atom stereocenters. The van der Waals surface area contributed by atoms with Crippen molar-refractivity contribution in [1.29, 1.82) is 0 Å². The van der Waals surface area contributed by atoms with Crippen molar-refractivity contribution < 1.29 is 18.4 Å². The van der Waals surface area contributed by atoms with Gasteiger partial charge in [0.2, 0.25) is 5.91 Å². The summed E-state index contributed by atoms with van der Waals surface area (Å²) in [4.78, 5) is 18.5. The van der Waals surface area contributed by atoms with Gasteiger partial charge in [0.25, 0.3) is 5.89 Å². The van der Waals surface area contributed by atoms with E-state index in [1.807, 2.05) is 24.3 Å². The Kier molecular flexibility index (Phi) is 4.35. The predicted molar refractivity (Wildman–Crippen MR) is 97.1 cm³/mol. The number of aryl methyl sites for hydroxylation is 1. The molecule has 0 saturated carbocycles. The van der Waals surface area contributed by atoms with Crippen molar-refractivity contribution in [2.75, 3.05) is 18.6 Å². The normalized spacial score (nSPS) is 16.8. The summed E-state index contributed by atoms with van der Waals surface area (Å²) in [6, 6.07) is 12.0. The summed E-state index contributed by atoms with van der Waals surface area (Å²) in [7, 11) is 1.60. The van der Waals surface area contributed by atoms with E-state index in [2.05, 4.69) is 10.1 Å². The molecule has 27 heavy (non-hydrogen) atoms. The number of nitrogens with zero attached hydrogens (tertiary/aromatic N) is 3. The number of carbonyl (C=O) groups excluding carboxylic acids is 1. The van der Waals surface area contributed by atoms with Crippen molar-refractivity contribution in [1.82, 2.24) is 10.1 Å². The molecule has 0 bridgehead atoms. The van der Waals surface area contributed by atoms with Crippen molar-refractivity contribution in [3.8, 4) is 17.2 Å².